The molecule has 2 aromatic rings. The van der Waals surface area contributed by atoms with Crippen molar-refractivity contribution in [2.45, 2.75) is 0 Å². The molecule has 1 saturated heterocycles. The van der Waals surface area contributed by atoms with E-state index in [1.807, 2.05) is 5.38 Å². The summed E-state index contributed by atoms with van der Waals surface area (Å²) in [6.07, 6.45) is 0. The number of nitrogens with two attached hydrogens (primary N) is 1. The van der Waals surface area contributed by atoms with Gasteiger partial charge in [-0.2, -0.15) is 4.98 Å². The number of hydrogen-bond donors (Lipinski definition) is 3. The van der Waals surface area contributed by atoms with Crippen molar-refractivity contribution >= 4 is 33.3 Å². The number of nitrogens with zero attached hydrogens (tertiary/aromatic N) is 3. The summed E-state index contributed by atoms with van der Waals surface area (Å²) >= 11 is 1.61. The number of rotatable bonds is 2. The van der Waals surface area contributed by atoms with E-state index in [4.69, 9.17) is 5.84 Å². The zero-order valence-corrected chi connectivity index (χ0v) is 10.1. The lowest BCUT2D eigenvalue weighted by Gasteiger charge is -2.28. The number of anilines is 2. The maximum atomic E-state index is 5.41. The van der Waals surface area contributed by atoms with Gasteiger partial charge in [0.1, 0.15) is 10.6 Å². The van der Waals surface area contributed by atoms with Crippen LogP contribution in [0.3, 0.4) is 0 Å². The Kier molecular flexibility index (Phi) is 2.79. The van der Waals surface area contributed by atoms with Crippen molar-refractivity contribution in [2.24, 2.45) is 5.84 Å². The molecule has 0 amide bonds. The molecular weight excluding hydrogens is 236 g/mol. The molecule has 7 heteroatoms. The summed E-state index contributed by atoms with van der Waals surface area (Å²) in [7, 11) is 0. The van der Waals surface area contributed by atoms with Crippen LogP contribution >= 0.6 is 11.3 Å². The number of aromatic nitrogens is 2. The predicted molar refractivity (Wildman–Crippen MR) is 70.3 cm³/mol. The molecule has 0 radical (unpaired) electrons. The number of nitrogen functional groups attached to an aromatic ring is 1. The molecule has 1 aliphatic heterocycles. The number of thiophene rings is 1. The zero-order chi connectivity index (χ0) is 11.7. The molecule has 17 heavy (non-hydrogen) atoms. The van der Waals surface area contributed by atoms with Crippen LogP contribution in [0.25, 0.3) is 10.2 Å². The highest BCUT2D eigenvalue weighted by Gasteiger charge is 2.17. The molecule has 2 aromatic heterocycles. The van der Waals surface area contributed by atoms with E-state index in [0.717, 1.165) is 42.2 Å². The molecule has 0 saturated carbocycles. The minimum absolute atomic E-state index is 0.480. The summed E-state index contributed by atoms with van der Waals surface area (Å²) in [4.78, 5) is 12.1. The second-order valence-electron chi connectivity index (χ2n) is 3.89. The summed E-state index contributed by atoms with van der Waals surface area (Å²) in [5.41, 5.74) is 2.53. The van der Waals surface area contributed by atoms with E-state index in [-0.39, 0.29) is 0 Å². The SMILES string of the molecule is NNc1nc(N2CCNCC2)c2ccsc2n1. The van der Waals surface area contributed by atoms with Crippen LogP contribution in [0.1, 0.15) is 0 Å². The lowest BCUT2D eigenvalue weighted by Crippen LogP contribution is -2.44. The fraction of sp³-hybridized carbons (Fsp3) is 0.400. The van der Waals surface area contributed by atoms with Crippen LogP contribution in [0.4, 0.5) is 11.8 Å². The summed E-state index contributed by atoms with van der Waals surface area (Å²) in [5.74, 6) is 6.86. The summed E-state index contributed by atoms with van der Waals surface area (Å²) in [6, 6.07) is 2.07. The van der Waals surface area contributed by atoms with Crippen molar-refractivity contribution in [2.75, 3.05) is 36.5 Å². The number of hydrazine groups is 1. The number of hydrogen-bond acceptors (Lipinski definition) is 7. The van der Waals surface area contributed by atoms with Crippen molar-refractivity contribution < 1.29 is 0 Å². The lowest BCUT2D eigenvalue weighted by atomic mass is 10.3. The summed E-state index contributed by atoms with van der Waals surface area (Å²) in [5, 5.41) is 6.47. The molecule has 0 unspecified atom stereocenters. The standard InChI is InChI=1S/C10H14N6S/c11-15-10-13-8(16-4-2-12-3-5-16)7-1-6-17-9(7)14-10/h1,6,12H,2-5,11H2,(H,13,14,15). The molecular formula is C10H14N6S. The molecule has 0 spiro atoms. The predicted octanol–water partition coefficient (Wildman–Crippen LogP) is 0.386. The van der Waals surface area contributed by atoms with Gasteiger partial charge in [0.25, 0.3) is 0 Å². The maximum Gasteiger partial charge on any atom is 0.240 e. The van der Waals surface area contributed by atoms with Gasteiger partial charge >= 0.3 is 0 Å². The first-order valence-corrected chi connectivity index (χ1v) is 6.44. The van der Waals surface area contributed by atoms with E-state index in [2.05, 4.69) is 31.7 Å². The third-order valence-corrected chi connectivity index (χ3v) is 3.66. The molecule has 4 N–H and O–H groups in total. The van der Waals surface area contributed by atoms with Gasteiger partial charge in [-0.05, 0) is 11.4 Å². The van der Waals surface area contributed by atoms with Crippen molar-refractivity contribution in [3.63, 3.8) is 0 Å². The highest BCUT2D eigenvalue weighted by Crippen LogP contribution is 2.28. The first-order chi connectivity index (χ1) is 8.38. The van der Waals surface area contributed by atoms with Gasteiger partial charge in [-0.15, -0.1) is 11.3 Å². The molecule has 0 aliphatic carbocycles. The molecule has 0 aromatic carbocycles. The van der Waals surface area contributed by atoms with Crippen LogP contribution in [0, 0.1) is 0 Å². The zero-order valence-electron chi connectivity index (χ0n) is 9.31. The molecule has 3 rings (SSSR count). The van der Waals surface area contributed by atoms with Gasteiger partial charge in [-0.25, -0.2) is 10.8 Å². The molecule has 3 heterocycles. The molecule has 6 nitrogen and oxygen atoms in total. The van der Waals surface area contributed by atoms with E-state index in [1.165, 1.54) is 0 Å². The van der Waals surface area contributed by atoms with Gasteiger partial charge in [0.05, 0.1) is 5.39 Å². The monoisotopic (exact) mass is 250 g/mol. The van der Waals surface area contributed by atoms with Crippen LogP contribution < -0.4 is 21.5 Å². The lowest BCUT2D eigenvalue weighted by molar-refractivity contribution is 0.586. The quantitative estimate of drug-likeness (QED) is 0.528. The highest BCUT2D eigenvalue weighted by atomic mass is 32.1. The van der Waals surface area contributed by atoms with Crippen LogP contribution in [0.15, 0.2) is 11.4 Å². The Morgan fingerprint density at radius 3 is 2.94 bits per heavy atom. The Hall–Kier alpha value is -1.44. The molecule has 0 bridgehead atoms. The third-order valence-electron chi connectivity index (χ3n) is 2.85. The minimum Gasteiger partial charge on any atom is -0.353 e. The van der Waals surface area contributed by atoms with Gasteiger partial charge in [0.15, 0.2) is 0 Å². The Morgan fingerprint density at radius 1 is 1.35 bits per heavy atom. The van der Waals surface area contributed by atoms with Crippen LogP contribution in [0.2, 0.25) is 0 Å². The van der Waals surface area contributed by atoms with Crippen LogP contribution in [-0.2, 0) is 0 Å². The smallest absolute Gasteiger partial charge is 0.240 e. The van der Waals surface area contributed by atoms with E-state index >= 15 is 0 Å². The van der Waals surface area contributed by atoms with Crippen molar-refractivity contribution in [3.05, 3.63) is 11.4 Å². The average Bonchev–Trinajstić information content (AvgIpc) is 2.86. The molecule has 90 valence electrons. The summed E-state index contributed by atoms with van der Waals surface area (Å²) < 4.78 is 0. The van der Waals surface area contributed by atoms with Gasteiger partial charge in [-0.1, -0.05) is 0 Å². The molecule has 1 fully saturated rings. The first kappa shape index (κ1) is 10.7. The minimum atomic E-state index is 0.480. The van der Waals surface area contributed by atoms with E-state index in [1.54, 1.807) is 11.3 Å². The van der Waals surface area contributed by atoms with Gasteiger partial charge < -0.3 is 10.2 Å². The fourth-order valence-corrected chi connectivity index (χ4v) is 2.78. The summed E-state index contributed by atoms with van der Waals surface area (Å²) in [6.45, 7) is 3.90. The topological polar surface area (TPSA) is 79.1 Å². The molecule has 1 aliphatic rings. The van der Waals surface area contributed by atoms with Crippen LogP contribution in [-0.4, -0.2) is 36.1 Å². The van der Waals surface area contributed by atoms with E-state index < -0.39 is 0 Å². The largest absolute Gasteiger partial charge is 0.353 e. The van der Waals surface area contributed by atoms with Gasteiger partial charge in [0, 0.05) is 26.2 Å². The second kappa shape index (κ2) is 4.44. The highest BCUT2D eigenvalue weighted by molar-refractivity contribution is 7.16. The Balaban J connectivity index is 2.08. The first-order valence-electron chi connectivity index (χ1n) is 5.56. The van der Waals surface area contributed by atoms with Crippen molar-refractivity contribution in [1.82, 2.24) is 15.3 Å². The Morgan fingerprint density at radius 2 is 2.18 bits per heavy atom. The van der Waals surface area contributed by atoms with E-state index in [9.17, 15) is 0 Å². The Labute approximate surface area is 103 Å². The van der Waals surface area contributed by atoms with Gasteiger partial charge in [-0.3, -0.25) is 5.43 Å². The van der Waals surface area contributed by atoms with Crippen molar-refractivity contribution in [3.8, 4) is 0 Å². The van der Waals surface area contributed by atoms with Gasteiger partial charge in [0.2, 0.25) is 5.95 Å². The number of piperazine rings is 1. The molecule has 0 atom stereocenters. The fourth-order valence-electron chi connectivity index (χ4n) is 2.02. The number of nitrogens with one attached hydrogen (secondary N) is 2. The maximum absolute atomic E-state index is 5.41. The van der Waals surface area contributed by atoms with E-state index in [0.29, 0.717) is 5.95 Å². The number of fused-ring (bicyclic) bond motifs is 1. The average molecular weight is 250 g/mol. The van der Waals surface area contributed by atoms with Crippen LogP contribution in [0.5, 0.6) is 0 Å². The van der Waals surface area contributed by atoms with Crippen molar-refractivity contribution in [1.29, 1.82) is 0 Å². The second-order valence-corrected chi connectivity index (χ2v) is 4.79. The Bertz CT molecular complexity index is 518. The normalized spacial score (nSPS) is 16.4. The third kappa shape index (κ3) is 1.92.